The minimum absolute atomic E-state index is 0.120. The van der Waals surface area contributed by atoms with E-state index in [-0.39, 0.29) is 6.04 Å². The summed E-state index contributed by atoms with van der Waals surface area (Å²) < 4.78 is 0. The molecule has 0 aromatic carbocycles. The van der Waals surface area contributed by atoms with Crippen LogP contribution >= 0.6 is 11.8 Å². The van der Waals surface area contributed by atoms with Crippen LogP contribution in [0.4, 0.5) is 0 Å². The van der Waals surface area contributed by atoms with E-state index in [1.54, 1.807) is 0 Å². The molecule has 0 aromatic rings. The van der Waals surface area contributed by atoms with E-state index in [2.05, 4.69) is 30.3 Å². The molecule has 0 spiro atoms. The smallest absolute Gasteiger partial charge is 0.163 e. The van der Waals surface area contributed by atoms with Crippen molar-refractivity contribution in [3.63, 3.8) is 0 Å². The molecule has 1 unspecified atom stereocenters. The Morgan fingerprint density at radius 3 is 3.20 bits per heavy atom. The van der Waals surface area contributed by atoms with Crippen LogP contribution in [-0.2, 0) is 0 Å². The van der Waals surface area contributed by atoms with Gasteiger partial charge in [-0.1, -0.05) is 0 Å². The van der Waals surface area contributed by atoms with Crippen molar-refractivity contribution >= 4 is 40.5 Å². The molecular formula is C8H8N6S. The second kappa shape index (κ2) is 3.58. The van der Waals surface area contributed by atoms with Gasteiger partial charge < -0.3 is 5.32 Å². The third-order valence-electron chi connectivity index (χ3n) is 2.10. The van der Waals surface area contributed by atoms with Crippen LogP contribution in [0.25, 0.3) is 0 Å². The van der Waals surface area contributed by atoms with Gasteiger partial charge in [0.25, 0.3) is 0 Å². The first-order chi connectivity index (χ1) is 7.43. The van der Waals surface area contributed by atoms with Gasteiger partial charge in [0.15, 0.2) is 17.0 Å². The van der Waals surface area contributed by atoms with Gasteiger partial charge in [0.05, 0.1) is 6.54 Å². The summed E-state index contributed by atoms with van der Waals surface area (Å²) in [6, 6.07) is -0.120. The summed E-state index contributed by atoms with van der Waals surface area (Å²) in [7, 11) is 0. The van der Waals surface area contributed by atoms with Crippen molar-refractivity contribution in [1.29, 1.82) is 0 Å². The average Bonchev–Trinajstić information content (AvgIpc) is 2.87. The fourth-order valence-corrected chi connectivity index (χ4v) is 2.32. The molecular weight excluding hydrogens is 212 g/mol. The van der Waals surface area contributed by atoms with Crippen molar-refractivity contribution in [2.75, 3.05) is 13.1 Å². The van der Waals surface area contributed by atoms with Crippen LogP contribution in [0.15, 0.2) is 25.0 Å². The van der Waals surface area contributed by atoms with Gasteiger partial charge in [0.1, 0.15) is 17.7 Å². The Morgan fingerprint density at radius 2 is 2.33 bits per heavy atom. The normalized spacial score (nSPS) is 26.9. The quantitative estimate of drug-likeness (QED) is 0.620. The van der Waals surface area contributed by atoms with Crippen molar-refractivity contribution < 1.29 is 0 Å². The second-order valence-electron chi connectivity index (χ2n) is 3.08. The van der Waals surface area contributed by atoms with Gasteiger partial charge in [-0.2, -0.15) is 0 Å². The lowest BCUT2D eigenvalue weighted by Crippen LogP contribution is -2.28. The Balaban J connectivity index is 1.80. The molecule has 0 bridgehead atoms. The zero-order chi connectivity index (χ0) is 10.1. The Kier molecular flexibility index (Phi) is 2.09. The lowest BCUT2D eigenvalue weighted by Gasteiger charge is -2.12. The Bertz CT molecular complexity index is 432. The average molecular weight is 220 g/mol. The van der Waals surface area contributed by atoms with Crippen molar-refractivity contribution in [2.24, 2.45) is 25.0 Å². The Hall–Kier alpha value is -1.50. The number of aliphatic imine (C=N–C) groups is 5. The van der Waals surface area contributed by atoms with Crippen LogP contribution in [0.2, 0.25) is 0 Å². The molecule has 3 aliphatic rings. The van der Waals surface area contributed by atoms with E-state index in [4.69, 9.17) is 0 Å². The minimum Gasteiger partial charge on any atom is -0.363 e. The van der Waals surface area contributed by atoms with E-state index >= 15 is 0 Å². The number of rotatable bonds is 0. The summed E-state index contributed by atoms with van der Waals surface area (Å²) in [6.07, 6.45) is 3.05. The standard InChI is InChI=1S/C8H8N6S/c1-2-10-8(9-1)15-7-5-6(12-3-11-5)13-4-14-7/h3-5H,1-2H2,(H,9,10). The number of amidine groups is 2. The maximum Gasteiger partial charge on any atom is 0.163 e. The first-order valence-corrected chi connectivity index (χ1v) is 5.41. The zero-order valence-corrected chi connectivity index (χ0v) is 8.61. The molecule has 76 valence electrons. The van der Waals surface area contributed by atoms with Gasteiger partial charge in [0.2, 0.25) is 0 Å². The van der Waals surface area contributed by atoms with Crippen molar-refractivity contribution in [3.8, 4) is 0 Å². The number of hydrogen-bond acceptors (Lipinski definition) is 7. The van der Waals surface area contributed by atoms with Gasteiger partial charge in [-0.25, -0.2) is 15.0 Å². The van der Waals surface area contributed by atoms with Crippen molar-refractivity contribution in [1.82, 2.24) is 5.32 Å². The highest BCUT2D eigenvalue weighted by molar-refractivity contribution is 8.26. The van der Waals surface area contributed by atoms with E-state index in [1.165, 1.54) is 24.4 Å². The molecule has 0 aromatic heterocycles. The molecule has 0 amide bonds. The Morgan fingerprint density at radius 1 is 1.33 bits per heavy atom. The number of nitrogens with zero attached hydrogens (tertiary/aromatic N) is 5. The first kappa shape index (κ1) is 8.78. The largest absolute Gasteiger partial charge is 0.363 e. The molecule has 3 heterocycles. The van der Waals surface area contributed by atoms with Crippen LogP contribution in [0.1, 0.15) is 0 Å². The maximum atomic E-state index is 4.30. The summed E-state index contributed by atoms with van der Waals surface area (Å²) in [6.45, 7) is 1.73. The van der Waals surface area contributed by atoms with Crippen LogP contribution < -0.4 is 5.32 Å². The number of thioether (sulfide) groups is 1. The number of nitrogens with one attached hydrogen (secondary N) is 1. The molecule has 1 N–H and O–H groups in total. The molecule has 3 aliphatic heterocycles. The predicted octanol–water partition coefficient (Wildman–Crippen LogP) is -0.0718. The van der Waals surface area contributed by atoms with E-state index in [0.717, 1.165) is 23.3 Å². The highest BCUT2D eigenvalue weighted by Crippen LogP contribution is 2.19. The SMILES string of the molecule is C1=NC2=NC=NC2C(SC2=NCCN2)=N1. The molecule has 3 rings (SSSR count). The lowest BCUT2D eigenvalue weighted by molar-refractivity contribution is 0.963. The summed E-state index contributed by atoms with van der Waals surface area (Å²) in [5, 5.41) is 4.97. The van der Waals surface area contributed by atoms with Crippen LogP contribution in [0.3, 0.4) is 0 Å². The molecule has 15 heavy (non-hydrogen) atoms. The zero-order valence-electron chi connectivity index (χ0n) is 7.79. The van der Waals surface area contributed by atoms with Crippen LogP contribution in [0, 0.1) is 0 Å². The monoisotopic (exact) mass is 220 g/mol. The maximum absolute atomic E-state index is 4.30. The fraction of sp³-hybridized carbons (Fsp3) is 0.375. The molecule has 0 saturated carbocycles. The van der Waals surface area contributed by atoms with E-state index in [9.17, 15) is 0 Å². The third-order valence-corrected chi connectivity index (χ3v) is 3.11. The number of fused-ring (bicyclic) bond motifs is 1. The first-order valence-electron chi connectivity index (χ1n) is 4.59. The lowest BCUT2D eigenvalue weighted by atomic mass is 10.3. The van der Waals surface area contributed by atoms with Gasteiger partial charge in [0, 0.05) is 6.54 Å². The molecule has 7 heteroatoms. The summed E-state index contributed by atoms with van der Waals surface area (Å²) >= 11 is 1.51. The molecule has 0 fully saturated rings. The van der Waals surface area contributed by atoms with Crippen molar-refractivity contribution in [2.45, 2.75) is 6.04 Å². The summed E-state index contributed by atoms with van der Waals surface area (Å²) in [5.74, 6) is 0.714. The topological polar surface area (TPSA) is 73.8 Å². The van der Waals surface area contributed by atoms with Crippen LogP contribution in [-0.4, -0.2) is 47.9 Å². The molecule has 6 nitrogen and oxygen atoms in total. The molecule has 0 saturated heterocycles. The van der Waals surface area contributed by atoms with Crippen LogP contribution in [0.5, 0.6) is 0 Å². The molecule has 1 atom stereocenters. The minimum atomic E-state index is -0.120. The summed E-state index contributed by atoms with van der Waals surface area (Å²) in [5.41, 5.74) is 0. The molecule has 0 radical (unpaired) electrons. The highest BCUT2D eigenvalue weighted by Gasteiger charge is 2.28. The van der Waals surface area contributed by atoms with Gasteiger partial charge in [-0.3, -0.25) is 9.98 Å². The number of hydrogen-bond donors (Lipinski definition) is 1. The van der Waals surface area contributed by atoms with E-state index in [0.29, 0.717) is 5.84 Å². The fourth-order valence-electron chi connectivity index (χ4n) is 1.42. The highest BCUT2D eigenvalue weighted by atomic mass is 32.2. The second-order valence-corrected chi connectivity index (χ2v) is 4.09. The van der Waals surface area contributed by atoms with E-state index < -0.39 is 0 Å². The summed E-state index contributed by atoms with van der Waals surface area (Å²) in [4.78, 5) is 20.8. The van der Waals surface area contributed by atoms with Crippen molar-refractivity contribution in [3.05, 3.63) is 0 Å². The van der Waals surface area contributed by atoms with Gasteiger partial charge >= 0.3 is 0 Å². The van der Waals surface area contributed by atoms with E-state index in [1.807, 2.05) is 0 Å². The predicted molar refractivity (Wildman–Crippen MR) is 63.5 cm³/mol. The van der Waals surface area contributed by atoms with Gasteiger partial charge in [-0.05, 0) is 11.8 Å². The third kappa shape index (κ3) is 1.58. The van der Waals surface area contributed by atoms with Gasteiger partial charge in [-0.15, -0.1) is 0 Å². The molecule has 0 aliphatic carbocycles. The Labute approximate surface area is 90.4 Å².